The smallest absolute Gasteiger partial charge is 0.192 e. The minimum atomic E-state index is -0.0451. The highest BCUT2D eigenvalue weighted by Gasteiger charge is 2.11. The maximum atomic E-state index is 8.91. The van der Waals surface area contributed by atoms with Gasteiger partial charge >= 0.3 is 0 Å². The van der Waals surface area contributed by atoms with Crippen molar-refractivity contribution in [3.63, 3.8) is 0 Å². The molecule has 2 rings (SSSR count). The van der Waals surface area contributed by atoms with Gasteiger partial charge < -0.3 is 25.2 Å². The SMILES string of the molecule is CCNC(=NCc1ccc(OCCO)c(OC)c1)NC(C)c1ccccc1Cl. The highest BCUT2D eigenvalue weighted by molar-refractivity contribution is 6.31. The number of rotatable bonds is 9. The van der Waals surface area contributed by atoms with Crippen LogP contribution in [0.25, 0.3) is 0 Å². The van der Waals surface area contributed by atoms with E-state index in [1.54, 1.807) is 7.11 Å². The van der Waals surface area contributed by atoms with Crippen LogP contribution in [-0.4, -0.2) is 37.9 Å². The zero-order valence-corrected chi connectivity index (χ0v) is 17.3. The molecule has 0 heterocycles. The molecule has 2 aromatic rings. The fourth-order valence-corrected chi connectivity index (χ4v) is 2.98. The molecule has 0 fully saturated rings. The van der Waals surface area contributed by atoms with Crippen LogP contribution in [0.2, 0.25) is 5.02 Å². The van der Waals surface area contributed by atoms with Crippen LogP contribution in [-0.2, 0) is 6.54 Å². The maximum absolute atomic E-state index is 8.91. The van der Waals surface area contributed by atoms with Gasteiger partial charge in [-0.25, -0.2) is 4.99 Å². The zero-order valence-electron chi connectivity index (χ0n) is 16.5. The van der Waals surface area contributed by atoms with Crippen LogP contribution in [0.3, 0.4) is 0 Å². The molecule has 152 valence electrons. The number of aliphatic imine (C=N–C) groups is 1. The third-order valence-electron chi connectivity index (χ3n) is 4.07. The summed E-state index contributed by atoms with van der Waals surface area (Å²) < 4.78 is 10.8. The average Bonchev–Trinajstić information content (AvgIpc) is 2.71. The van der Waals surface area contributed by atoms with Crippen LogP contribution in [0.15, 0.2) is 47.5 Å². The van der Waals surface area contributed by atoms with E-state index in [-0.39, 0.29) is 19.3 Å². The number of hydrogen-bond donors (Lipinski definition) is 3. The third-order valence-corrected chi connectivity index (χ3v) is 4.41. The number of hydrogen-bond acceptors (Lipinski definition) is 4. The molecule has 0 saturated carbocycles. The Labute approximate surface area is 171 Å². The Kier molecular flexibility index (Phi) is 8.91. The summed E-state index contributed by atoms with van der Waals surface area (Å²) in [5, 5.41) is 16.3. The molecule has 0 saturated heterocycles. The molecule has 0 amide bonds. The van der Waals surface area contributed by atoms with E-state index in [1.807, 2.05) is 56.3 Å². The van der Waals surface area contributed by atoms with Gasteiger partial charge in [-0.1, -0.05) is 35.9 Å². The minimum absolute atomic E-state index is 0.00953. The van der Waals surface area contributed by atoms with Gasteiger partial charge in [0.25, 0.3) is 0 Å². The van der Waals surface area contributed by atoms with Crippen molar-refractivity contribution in [2.75, 3.05) is 26.9 Å². The molecule has 0 bridgehead atoms. The van der Waals surface area contributed by atoms with Gasteiger partial charge in [-0.05, 0) is 43.2 Å². The van der Waals surface area contributed by atoms with Gasteiger partial charge in [0.15, 0.2) is 17.5 Å². The van der Waals surface area contributed by atoms with E-state index in [9.17, 15) is 0 Å². The van der Waals surface area contributed by atoms with Gasteiger partial charge in [-0.3, -0.25) is 0 Å². The first-order valence-electron chi connectivity index (χ1n) is 9.28. The first kappa shape index (κ1) is 21.9. The van der Waals surface area contributed by atoms with Gasteiger partial charge in [-0.15, -0.1) is 0 Å². The molecule has 1 unspecified atom stereocenters. The quantitative estimate of drug-likeness (QED) is 0.439. The van der Waals surface area contributed by atoms with Gasteiger partial charge in [0.05, 0.1) is 26.3 Å². The van der Waals surface area contributed by atoms with Gasteiger partial charge in [0.2, 0.25) is 0 Å². The summed E-state index contributed by atoms with van der Waals surface area (Å²) in [6, 6.07) is 13.4. The van der Waals surface area contributed by atoms with Crippen molar-refractivity contribution in [2.24, 2.45) is 4.99 Å². The second-order valence-electron chi connectivity index (χ2n) is 6.14. The topological polar surface area (TPSA) is 75.1 Å². The summed E-state index contributed by atoms with van der Waals surface area (Å²) >= 11 is 6.30. The second-order valence-corrected chi connectivity index (χ2v) is 6.55. The number of aliphatic hydroxyl groups is 1. The Bertz CT molecular complexity index is 783. The van der Waals surface area contributed by atoms with Crippen molar-refractivity contribution >= 4 is 17.6 Å². The summed E-state index contributed by atoms with van der Waals surface area (Å²) in [5.41, 5.74) is 2.00. The molecule has 7 heteroatoms. The lowest BCUT2D eigenvalue weighted by atomic mass is 10.1. The van der Waals surface area contributed by atoms with E-state index in [0.29, 0.717) is 24.0 Å². The largest absolute Gasteiger partial charge is 0.493 e. The van der Waals surface area contributed by atoms with E-state index in [2.05, 4.69) is 15.6 Å². The van der Waals surface area contributed by atoms with Crippen molar-refractivity contribution < 1.29 is 14.6 Å². The normalized spacial score (nSPS) is 12.4. The first-order chi connectivity index (χ1) is 13.6. The number of nitrogens with one attached hydrogen (secondary N) is 2. The Morgan fingerprint density at radius 1 is 1.21 bits per heavy atom. The van der Waals surface area contributed by atoms with Crippen molar-refractivity contribution in [1.29, 1.82) is 0 Å². The summed E-state index contributed by atoms with van der Waals surface area (Å²) in [7, 11) is 1.59. The molecule has 3 N–H and O–H groups in total. The van der Waals surface area contributed by atoms with E-state index >= 15 is 0 Å². The lowest BCUT2D eigenvalue weighted by molar-refractivity contribution is 0.196. The number of ether oxygens (including phenoxy) is 2. The molecular formula is C21H28ClN3O3. The lowest BCUT2D eigenvalue weighted by Gasteiger charge is -2.19. The maximum Gasteiger partial charge on any atom is 0.192 e. The Morgan fingerprint density at radius 3 is 2.68 bits per heavy atom. The zero-order chi connectivity index (χ0) is 20.4. The van der Waals surface area contributed by atoms with E-state index < -0.39 is 0 Å². The monoisotopic (exact) mass is 405 g/mol. The Morgan fingerprint density at radius 2 is 2.00 bits per heavy atom. The second kappa shape index (κ2) is 11.4. The highest BCUT2D eigenvalue weighted by Crippen LogP contribution is 2.28. The Balaban J connectivity index is 2.10. The minimum Gasteiger partial charge on any atom is -0.493 e. The summed E-state index contributed by atoms with van der Waals surface area (Å²) in [4.78, 5) is 4.66. The van der Waals surface area contributed by atoms with Crippen LogP contribution in [0.1, 0.15) is 31.0 Å². The molecule has 2 aromatic carbocycles. The number of nitrogens with zero attached hydrogens (tertiary/aromatic N) is 1. The molecular weight excluding hydrogens is 378 g/mol. The summed E-state index contributed by atoms with van der Waals surface area (Å²) in [6.07, 6.45) is 0. The standard InChI is InChI=1S/C21H28ClN3O3/c1-4-23-21(25-15(2)17-7-5-6-8-18(17)22)24-14-16-9-10-19(28-12-11-26)20(13-16)27-3/h5-10,13,15,26H,4,11-12,14H2,1-3H3,(H2,23,24,25). The molecule has 0 aromatic heterocycles. The van der Waals surface area contributed by atoms with Crippen molar-refractivity contribution in [1.82, 2.24) is 10.6 Å². The number of halogens is 1. The summed E-state index contributed by atoms with van der Waals surface area (Å²) in [6.45, 7) is 5.47. The van der Waals surface area contributed by atoms with Crippen LogP contribution in [0.5, 0.6) is 11.5 Å². The molecule has 0 aliphatic rings. The van der Waals surface area contributed by atoms with Crippen LogP contribution < -0.4 is 20.1 Å². The number of aliphatic hydroxyl groups excluding tert-OH is 1. The van der Waals surface area contributed by atoms with Crippen molar-refractivity contribution in [3.05, 3.63) is 58.6 Å². The number of guanidine groups is 1. The molecule has 0 radical (unpaired) electrons. The molecule has 28 heavy (non-hydrogen) atoms. The first-order valence-corrected chi connectivity index (χ1v) is 9.66. The predicted molar refractivity (Wildman–Crippen MR) is 113 cm³/mol. The molecule has 1 atom stereocenters. The molecule has 0 spiro atoms. The number of benzene rings is 2. The van der Waals surface area contributed by atoms with Gasteiger partial charge in [-0.2, -0.15) is 0 Å². The fourth-order valence-electron chi connectivity index (χ4n) is 2.68. The van der Waals surface area contributed by atoms with Crippen molar-refractivity contribution in [2.45, 2.75) is 26.4 Å². The Hall–Kier alpha value is -2.44. The van der Waals surface area contributed by atoms with Crippen molar-refractivity contribution in [3.8, 4) is 11.5 Å². The van der Waals surface area contributed by atoms with E-state index in [0.717, 1.165) is 22.7 Å². The third kappa shape index (κ3) is 6.32. The molecule has 0 aliphatic heterocycles. The lowest BCUT2D eigenvalue weighted by Crippen LogP contribution is -2.38. The molecule has 6 nitrogen and oxygen atoms in total. The van der Waals surface area contributed by atoms with E-state index in [1.165, 1.54) is 0 Å². The predicted octanol–water partition coefficient (Wildman–Crippen LogP) is 3.54. The number of methoxy groups -OCH3 is 1. The van der Waals surface area contributed by atoms with Crippen LogP contribution in [0.4, 0.5) is 0 Å². The highest BCUT2D eigenvalue weighted by atomic mass is 35.5. The van der Waals surface area contributed by atoms with E-state index in [4.69, 9.17) is 26.2 Å². The average molecular weight is 406 g/mol. The van der Waals surface area contributed by atoms with Crippen LogP contribution in [0, 0.1) is 0 Å². The van der Waals surface area contributed by atoms with Crippen LogP contribution >= 0.6 is 11.6 Å². The fraction of sp³-hybridized carbons (Fsp3) is 0.381. The van der Waals surface area contributed by atoms with Gasteiger partial charge in [0.1, 0.15) is 6.61 Å². The summed E-state index contributed by atoms with van der Waals surface area (Å²) in [5.74, 6) is 1.92. The molecule has 0 aliphatic carbocycles. The van der Waals surface area contributed by atoms with Gasteiger partial charge in [0, 0.05) is 11.6 Å².